The van der Waals surface area contributed by atoms with E-state index in [2.05, 4.69) is 15.9 Å². The maximum atomic E-state index is 13.2. The molecule has 0 aliphatic heterocycles. The average Bonchev–Trinajstić information content (AvgIpc) is 2.39. The number of carbonyl (C=O) groups excluding carboxylic acids is 1. The van der Waals surface area contributed by atoms with Crippen molar-refractivity contribution in [3.63, 3.8) is 0 Å². The van der Waals surface area contributed by atoms with Crippen molar-refractivity contribution in [1.82, 2.24) is 0 Å². The smallest absolute Gasteiger partial charge is 0.185 e. The molecular formula is C15H8BrF2NO. The fraction of sp³-hybridized carbons (Fsp3) is 0.0667. The zero-order chi connectivity index (χ0) is 14.7. The Kier molecular flexibility index (Phi) is 4.26. The Morgan fingerprint density at radius 3 is 2.45 bits per heavy atom. The van der Waals surface area contributed by atoms with Gasteiger partial charge in [-0.1, -0.05) is 12.1 Å². The van der Waals surface area contributed by atoms with Gasteiger partial charge in [0.05, 0.1) is 6.07 Å². The van der Waals surface area contributed by atoms with Crippen LogP contribution >= 0.6 is 15.9 Å². The Balaban J connectivity index is 2.42. The number of ketones is 1. The Morgan fingerprint density at radius 1 is 1.15 bits per heavy atom. The van der Waals surface area contributed by atoms with Crippen molar-refractivity contribution >= 4 is 21.7 Å². The number of Topliss-reactive ketones (excluding diaryl/α,β-unsaturated/α-hetero) is 1. The molecule has 0 amide bonds. The van der Waals surface area contributed by atoms with E-state index in [0.717, 1.165) is 18.2 Å². The molecule has 0 saturated heterocycles. The lowest BCUT2D eigenvalue weighted by Gasteiger charge is -2.10. The highest BCUT2D eigenvalue weighted by Crippen LogP contribution is 2.26. The van der Waals surface area contributed by atoms with E-state index < -0.39 is 23.3 Å². The Morgan fingerprint density at radius 2 is 1.85 bits per heavy atom. The fourth-order valence-electron chi connectivity index (χ4n) is 1.82. The van der Waals surface area contributed by atoms with Crippen molar-refractivity contribution in [2.24, 2.45) is 0 Å². The van der Waals surface area contributed by atoms with Gasteiger partial charge in [-0.2, -0.15) is 5.26 Å². The summed E-state index contributed by atoms with van der Waals surface area (Å²) < 4.78 is 26.5. The number of hydrogen-bond donors (Lipinski definition) is 0. The second-order valence-corrected chi connectivity index (χ2v) is 4.96. The summed E-state index contributed by atoms with van der Waals surface area (Å²) in [4.78, 5) is 12.3. The fourth-order valence-corrected chi connectivity index (χ4v) is 2.36. The van der Waals surface area contributed by atoms with Gasteiger partial charge in [0.15, 0.2) is 5.78 Å². The third kappa shape index (κ3) is 2.91. The molecule has 0 radical (unpaired) electrons. The van der Waals surface area contributed by atoms with Crippen molar-refractivity contribution in [1.29, 1.82) is 5.26 Å². The monoisotopic (exact) mass is 335 g/mol. The minimum Gasteiger partial charge on any atom is -0.292 e. The van der Waals surface area contributed by atoms with E-state index in [4.69, 9.17) is 5.26 Å². The SMILES string of the molecule is N#CC(C(=O)c1ccc(F)cc1Br)c1cccc(F)c1. The van der Waals surface area contributed by atoms with Crippen LogP contribution < -0.4 is 0 Å². The molecule has 1 atom stereocenters. The number of nitriles is 1. The largest absolute Gasteiger partial charge is 0.292 e. The van der Waals surface area contributed by atoms with E-state index in [0.29, 0.717) is 0 Å². The lowest BCUT2D eigenvalue weighted by atomic mass is 9.92. The molecule has 0 N–H and O–H groups in total. The summed E-state index contributed by atoms with van der Waals surface area (Å²) >= 11 is 3.09. The zero-order valence-electron chi connectivity index (χ0n) is 10.1. The molecule has 2 aromatic carbocycles. The summed E-state index contributed by atoms with van der Waals surface area (Å²) in [5, 5.41) is 9.16. The highest BCUT2D eigenvalue weighted by Gasteiger charge is 2.24. The van der Waals surface area contributed by atoms with E-state index in [1.807, 2.05) is 6.07 Å². The van der Waals surface area contributed by atoms with Crippen LogP contribution in [0.1, 0.15) is 21.8 Å². The predicted octanol–water partition coefficient (Wildman–Crippen LogP) is 4.22. The van der Waals surface area contributed by atoms with Crippen LogP contribution in [0.2, 0.25) is 0 Å². The van der Waals surface area contributed by atoms with Crippen LogP contribution in [-0.2, 0) is 0 Å². The van der Waals surface area contributed by atoms with Gasteiger partial charge in [-0.15, -0.1) is 0 Å². The summed E-state index contributed by atoms with van der Waals surface area (Å²) in [6.07, 6.45) is 0. The molecule has 5 heteroatoms. The number of nitrogens with zero attached hydrogens (tertiary/aromatic N) is 1. The maximum absolute atomic E-state index is 13.2. The first-order valence-electron chi connectivity index (χ1n) is 5.67. The third-order valence-electron chi connectivity index (χ3n) is 2.77. The molecule has 0 aromatic heterocycles. The molecular weight excluding hydrogens is 328 g/mol. The number of rotatable bonds is 3. The molecule has 0 saturated carbocycles. The van der Waals surface area contributed by atoms with Gasteiger partial charge in [0.1, 0.15) is 17.6 Å². The van der Waals surface area contributed by atoms with Gasteiger partial charge in [-0.3, -0.25) is 4.79 Å². The molecule has 0 bridgehead atoms. The number of carbonyl (C=O) groups is 1. The normalized spacial score (nSPS) is 11.7. The van der Waals surface area contributed by atoms with Gasteiger partial charge in [0, 0.05) is 10.0 Å². The number of hydrogen-bond acceptors (Lipinski definition) is 2. The van der Waals surface area contributed by atoms with E-state index in [1.165, 1.54) is 24.3 Å². The summed E-state index contributed by atoms with van der Waals surface area (Å²) in [5.41, 5.74) is 0.455. The molecule has 2 nitrogen and oxygen atoms in total. The van der Waals surface area contributed by atoms with E-state index in [-0.39, 0.29) is 15.6 Å². The molecule has 0 aliphatic carbocycles. The van der Waals surface area contributed by atoms with Gasteiger partial charge < -0.3 is 0 Å². The zero-order valence-corrected chi connectivity index (χ0v) is 11.7. The number of halogens is 3. The summed E-state index contributed by atoms with van der Waals surface area (Å²) in [6, 6.07) is 10.7. The minimum absolute atomic E-state index is 0.183. The standard InChI is InChI=1S/C15H8BrF2NO/c16-14-7-11(18)4-5-12(14)15(20)13(8-19)9-2-1-3-10(17)6-9/h1-7,13H. The second-order valence-electron chi connectivity index (χ2n) is 4.11. The first-order chi connectivity index (χ1) is 9.52. The van der Waals surface area contributed by atoms with Gasteiger partial charge in [-0.05, 0) is 51.8 Å². The summed E-state index contributed by atoms with van der Waals surface area (Å²) in [6.45, 7) is 0. The molecule has 20 heavy (non-hydrogen) atoms. The van der Waals surface area contributed by atoms with Crippen LogP contribution in [0.4, 0.5) is 8.78 Å². The van der Waals surface area contributed by atoms with E-state index >= 15 is 0 Å². The van der Waals surface area contributed by atoms with E-state index in [1.54, 1.807) is 0 Å². The Hall–Kier alpha value is -2.06. The average molecular weight is 336 g/mol. The topological polar surface area (TPSA) is 40.9 Å². The van der Waals surface area contributed by atoms with Gasteiger partial charge in [0.2, 0.25) is 0 Å². The van der Waals surface area contributed by atoms with Gasteiger partial charge in [0.25, 0.3) is 0 Å². The third-order valence-corrected chi connectivity index (χ3v) is 3.43. The van der Waals surface area contributed by atoms with Gasteiger partial charge >= 0.3 is 0 Å². The molecule has 2 aromatic rings. The van der Waals surface area contributed by atoms with Crippen LogP contribution in [0.15, 0.2) is 46.9 Å². The molecule has 0 aliphatic rings. The first-order valence-corrected chi connectivity index (χ1v) is 6.46. The summed E-state index contributed by atoms with van der Waals surface area (Å²) in [5.74, 6) is -2.65. The molecule has 2 rings (SSSR count). The Labute approximate surface area is 122 Å². The lowest BCUT2D eigenvalue weighted by molar-refractivity contribution is 0.0978. The van der Waals surface area contributed by atoms with Crippen LogP contribution in [-0.4, -0.2) is 5.78 Å². The molecule has 100 valence electrons. The molecule has 0 spiro atoms. The summed E-state index contributed by atoms with van der Waals surface area (Å²) in [7, 11) is 0. The van der Waals surface area contributed by atoms with E-state index in [9.17, 15) is 13.6 Å². The molecule has 0 fully saturated rings. The van der Waals surface area contributed by atoms with Crippen molar-refractivity contribution in [3.05, 3.63) is 69.7 Å². The highest BCUT2D eigenvalue weighted by molar-refractivity contribution is 9.10. The minimum atomic E-state index is -1.13. The van der Waals surface area contributed by atoms with Crippen LogP contribution in [0.5, 0.6) is 0 Å². The number of benzene rings is 2. The van der Waals surface area contributed by atoms with Gasteiger partial charge in [-0.25, -0.2) is 8.78 Å². The van der Waals surface area contributed by atoms with Crippen molar-refractivity contribution < 1.29 is 13.6 Å². The van der Waals surface area contributed by atoms with Crippen LogP contribution in [0.3, 0.4) is 0 Å². The molecule has 1 unspecified atom stereocenters. The maximum Gasteiger partial charge on any atom is 0.185 e. The first kappa shape index (κ1) is 14.4. The van der Waals surface area contributed by atoms with Crippen molar-refractivity contribution in [2.75, 3.05) is 0 Å². The second kappa shape index (κ2) is 5.93. The lowest BCUT2D eigenvalue weighted by Crippen LogP contribution is -2.12. The van der Waals surface area contributed by atoms with Crippen LogP contribution in [0, 0.1) is 23.0 Å². The van der Waals surface area contributed by atoms with Crippen molar-refractivity contribution in [2.45, 2.75) is 5.92 Å². The highest BCUT2D eigenvalue weighted by atomic mass is 79.9. The van der Waals surface area contributed by atoms with Crippen molar-refractivity contribution in [3.8, 4) is 6.07 Å². The predicted molar refractivity (Wildman–Crippen MR) is 73.2 cm³/mol. The molecule has 0 heterocycles. The Bertz CT molecular complexity index is 709. The quantitative estimate of drug-likeness (QED) is 0.788. The van der Waals surface area contributed by atoms with Crippen LogP contribution in [0.25, 0.3) is 0 Å².